The summed E-state index contributed by atoms with van der Waals surface area (Å²) in [6, 6.07) is 18.9. The maximum absolute atomic E-state index is 12.2. The molecule has 3 aromatic rings. The highest BCUT2D eigenvalue weighted by molar-refractivity contribution is 5.91. The predicted octanol–water partition coefficient (Wildman–Crippen LogP) is 3.25. The number of benzene rings is 2. The first-order chi connectivity index (χ1) is 13.0. The molecule has 0 unspecified atom stereocenters. The zero-order valence-corrected chi connectivity index (χ0v) is 15.2. The summed E-state index contributed by atoms with van der Waals surface area (Å²) < 4.78 is 5.23. The van der Waals surface area contributed by atoms with E-state index in [4.69, 9.17) is 4.74 Å². The van der Waals surface area contributed by atoms with Crippen LogP contribution >= 0.6 is 0 Å². The van der Waals surface area contributed by atoms with Gasteiger partial charge in [0.15, 0.2) is 6.10 Å². The van der Waals surface area contributed by atoms with Crippen molar-refractivity contribution in [1.29, 1.82) is 0 Å². The Morgan fingerprint density at radius 2 is 1.81 bits per heavy atom. The van der Waals surface area contributed by atoms with Gasteiger partial charge in [0.1, 0.15) is 5.69 Å². The Kier molecular flexibility index (Phi) is 5.66. The van der Waals surface area contributed by atoms with Crippen molar-refractivity contribution in [2.75, 3.05) is 0 Å². The van der Waals surface area contributed by atoms with Gasteiger partial charge in [0.05, 0.1) is 5.69 Å². The van der Waals surface area contributed by atoms with Crippen molar-refractivity contribution in [3.8, 4) is 11.3 Å². The van der Waals surface area contributed by atoms with Crippen molar-refractivity contribution in [2.24, 2.45) is 0 Å². The molecule has 0 aliphatic carbocycles. The lowest BCUT2D eigenvalue weighted by Crippen LogP contribution is -2.35. The molecule has 0 fully saturated rings. The van der Waals surface area contributed by atoms with Crippen LogP contribution in [-0.4, -0.2) is 28.2 Å². The number of carbonyl (C=O) groups excluding carboxylic acids is 2. The predicted molar refractivity (Wildman–Crippen MR) is 102 cm³/mol. The summed E-state index contributed by atoms with van der Waals surface area (Å²) in [7, 11) is 0. The number of aryl methyl sites for hydroxylation is 1. The smallest absolute Gasteiger partial charge is 0.357 e. The Morgan fingerprint density at radius 3 is 2.52 bits per heavy atom. The molecule has 6 nitrogen and oxygen atoms in total. The summed E-state index contributed by atoms with van der Waals surface area (Å²) in [6.07, 6.45) is -0.911. The molecule has 138 valence electrons. The van der Waals surface area contributed by atoms with Gasteiger partial charge in [-0.05, 0) is 25.5 Å². The van der Waals surface area contributed by atoms with Crippen LogP contribution in [0.15, 0.2) is 60.7 Å². The lowest BCUT2D eigenvalue weighted by atomic mass is 10.1. The van der Waals surface area contributed by atoms with E-state index in [0.29, 0.717) is 12.2 Å². The Balaban J connectivity index is 1.54. The van der Waals surface area contributed by atoms with E-state index in [0.717, 1.165) is 16.7 Å². The molecule has 1 amide bonds. The number of nitrogens with zero attached hydrogens (tertiary/aromatic N) is 1. The standard InChI is InChI=1S/C21H21N3O3/c1-14-8-10-16(11-9-14)13-22-20(25)15(2)27-21(26)19-12-18(23-24-19)17-6-4-3-5-7-17/h3-12,15H,13H2,1-2H3,(H,22,25)(H,23,24)/t15-/m0/s1. The van der Waals surface area contributed by atoms with Crippen LogP contribution in [0.5, 0.6) is 0 Å². The van der Waals surface area contributed by atoms with Crippen molar-refractivity contribution in [3.63, 3.8) is 0 Å². The molecule has 6 heteroatoms. The van der Waals surface area contributed by atoms with Crippen LogP contribution in [0, 0.1) is 6.92 Å². The van der Waals surface area contributed by atoms with E-state index in [1.165, 1.54) is 6.92 Å². The molecule has 0 aliphatic heterocycles. The van der Waals surface area contributed by atoms with Gasteiger partial charge in [0.2, 0.25) is 0 Å². The zero-order valence-electron chi connectivity index (χ0n) is 15.2. The second-order valence-corrected chi connectivity index (χ2v) is 6.28. The van der Waals surface area contributed by atoms with E-state index in [1.807, 2.05) is 61.5 Å². The van der Waals surface area contributed by atoms with Gasteiger partial charge < -0.3 is 10.1 Å². The Bertz CT molecular complexity index is 917. The molecule has 1 atom stereocenters. The largest absolute Gasteiger partial charge is 0.448 e. The third-order valence-electron chi connectivity index (χ3n) is 4.11. The number of amides is 1. The van der Waals surface area contributed by atoms with E-state index < -0.39 is 12.1 Å². The average molecular weight is 363 g/mol. The van der Waals surface area contributed by atoms with Crippen LogP contribution in [0.2, 0.25) is 0 Å². The third kappa shape index (κ3) is 4.82. The van der Waals surface area contributed by atoms with Crippen LogP contribution < -0.4 is 5.32 Å². The van der Waals surface area contributed by atoms with Crippen molar-refractivity contribution in [2.45, 2.75) is 26.5 Å². The van der Waals surface area contributed by atoms with Crippen molar-refractivity contribution in [3.05, 3.63) is 77.5 Å². The van der Waals surface area contributed by atoms with E-state index >= 15 is 0 Å². The molecule has 3 rings (SSSR count). The number of carbonyl (C=O) groups is 2. The van der Waals surface area contributed by atoms with Crippen molar-refractivity contribution >= 4 is 11.9 Å². The van der Waals surface area contributed by atoms with Gasteiger partial charge in [0.25, 0.3) is 5.91 Å². The number of rotatable bonds is 6. The molecule has 0 saturated heterocycles. The molecule has 0 bridgehead atoms. The van der Waals surface area contributed by atoms with Gasteiger partial charge in [-0.25, -0.2) is 4.79 Å². The summed E-state index contributed by atoms with van der Waals surface area (Å²) in [6.45, 7) is 3.92. The van der Waals surface area contributed by atoms with Gasteiger partial charge in [-0.3, -0.25) is 9.89 Å². The lowest BCUT2D eigenvalue weighted by molar-refractivity contribution is -0.129. The van der Waals surface area contributed by atoms with Crippen LogP contribution in [0.25, 0.3) is 11.3 Å². The number of aromatic nitrogens is 2. The molecule has 1 aromatic heterocycles. The first-order valence-corrected chi connectivity index (χ1v) is 8.68. The van der Waals surface area contributed by atoms with Gasteiger partial charge in [-0.2, -0.15) is 5.10 Å². The maximum Gasteiger partial charge on any atom is 0.357 e. The molecule has 1 heterocycles. The average Bonchev–Trinajstić information content (AvgIpc) is 3.18. The zero-order chi connectivity index (χ0) is 19.2. The molecule has 27 heavy (non-hydrogen) atoms. The van der Waals surface area contributed by atoms with Crippen LogP contribution in [-0.2, 0) is 16.1 Å². The fourth-order valence-electron chi connectivity index (χ4n) is 2.50. The Labute approximate surface area is 157 Å². The number of nitrogens with one attached hydrogen (secondary N) is 2. The van der Waals surface area contributed by atoms with E-state index in [2.05, 4.69) is 15.5 Å². The second-order valence-electron chi connectivity index (χ2n) is 6.28. The third-order valence-corrected chi connectivity index (χ3v) is 4.11. The normalized spacial score (nSPS) is 11.6. The molecule has 0 aliphatic rings. The van der Waals surface area contributed by atoms with Crippen LogP contribution in [0.4, 0.5) is 0 Å². The highest BCUT2D eigenvalue weighted by atomic mass is 16.5. The number of H-pyrrole nitrogens is 1. The second kappa shape index (κ2) is 8.31. The number of hydrogen-bond donors (Lipinski definition) is 2. The van der Waals surface area contributed by atoms with Crippen molar-refractivity contribution in [1.82, 2.24) is 15.5 Å². The minimum Gasteiger partial charge on any atom is -0.448 e. The fourth-order valence-corrected chi connectivity index (χ4v) is 2.50. The number of hydrogen-bond acceptors (Lipinski definition) is 4. The minimum absolute atomic E-state index is 0.201. The van der Waals surface area contributed by atoms with Gasteiger partial charge >= 0.3 is 5.97 Å². The minimum atomic E-state index is -0.911. The summed E-state index contributed by atoms with van der Waals surface area (Å²) in [5.41, 5.74) is 3.86. The lowest BCUT2D eigenvalue weighted by Gasteiger charge is -2.13. The fraction of sp³-hybridized carbons (Fsp3) is 0.190. The molecule has 0 spiro atoms. The van der Waals surface area contributed by atoms with Crippen LogP contribution in [0.3, 0.4) is 0 Å². The Hall–Kier alpha value is -3.41. The number of ether oxygens (including phenoxy) is 1. The van der Waals surface area contributed by atoms with Gasteiger partial charge in [-0.1, -0.05) is 60.2 Å². The summed E-state index contributed by atoms with van der Waals surface area (Å²) in [5.74, 6) is -0.977. The first-order valence-electron chi connectivity index (χ1n) is 8.68. The Morgan fingerprint density at radius 1 is 1.11 bits per heavy atom. The maximum atomic E-state index is 12.2. The van der Waals surface area contributed by atoms with Gasteiger partial charge in [-0.15, -0.1) is 0 Å². The summed E-state index contributed by atoms with van der Waals surface area (Å²) in [4.78, 5) is 24.4. The molecule has 2 aromatic carbocycles. The van der Waals surface area contributed by atoms with Gasteiger partial charge in [0, 0.05) is 12.1 Å². The summed E-state index contributed by atoms with van der Waals surface area (Å²) in [5, 5.41) is 9.54. The first kappa shape index (κ1) is 18.4. The molecular formula is C21H21N3O3. The summed E-state index contributed by atoms with van der Waals surface area (Å²) >= 11 is 0. The van der Waals surface area contributed by atoms with E-state index in [1.54, 1.807) is 6.07 Å². The molecule has 0 radical (unpaired) electrons. The number of esters is 1. The molecule has 0 saturated carbocycles. The van der Waals surface area contributed by atoms with Crippen LogP contribution in [0.1, 0.15) is 28.5 Å². The molecule has 2 N–H and O–H groups in total. The molecular weight excluding hydrogens is 342 g/mol. The number of aromatic amines is 1. The highest BCUT2D eigenvalue weighted by Gasteiger charge is 2.20. The topological polar surface area (TPSA) is 84.1 Å². The van der Waals surface area contributed by atoms with Crippen molar-refractivity contribution < 1.29 is 14.3 Å². The highest BCUT2D eigenvalue weighted by Crippen LogP contribution is 2.17. The van der Waals surface area contributed by atoms with E-state index in [9.17, 15) is 9.59 Å². The van der Waals surface area contributed by atoms with E-state index in [-0.39, 0.29) is 11.6 Å². The SMILES string of the molecule is Cc1ccc(CNC(=O)[C@H](C)OC(=O)c2cc(-c3ccccc3)n[nH]2)cc1. The monoisotopic (exact) mass is 363 g/mol. The quantitative estimate of drug-likeness (QED) is 0.659.